The van der Waals surface area contributed by atoms with Crippen molar-refractivity contribution in [3.8, 4) is 11.1 Å². The Morgan fingerprint density at radius 2 is 1.10 bits per heavy atom. The van der Waals surface area contributed by atoms with Gasteiger partial charge < -0.3 is 9.31 Å². The van der Waals surface area contributed by atoms with Crippen molar-refractivity contribution < 1.29 is 9.31 Å². The molecule has 0 radical (unpaired) electrons. The van der Waals surface area contributed by atoms with Gasteiger partial charge in [-0.1, -0.05) is 70.2 Å². The maximum absolute atomic E-state index is 6.20. The van der Waals surface area contributed by atoms with Gasteiger partial charge in [-0.15, -0.1) is 0 Å². The molecular weight excluding hydrogens is 355 g/mol. The molecule has 154 valence electrons. The van der Waals surface area contributed by atoms with Gasteiger partial charge in [-0.2, -0.15) is 0 Å². The van der Waals surface area contributed by atoms with Crippen LogP contribution in [-0.4, -0.2) is 18.3 Å². The van der Waals surface area contributed by atoms with Crippen LogP contribution >= 0.6 is 0 Å². The first-order valence-corrected chi connectivity index (χ1v) is 10.9. The first kappa shape index (κ1) is 20.7. The predicted octanol–water partition coefficient (Wildman–Crippen LogP) is 6.00. The lowest BCUT2D eigenvalue weighted by molar-refractivity contribution is 0.00578. The van der Waals surface area contributed by atoms with E-state index in [1.54, 1.807) is 0 Å². The topological polar surface area (TPSA) is 18.5 Å². The molecule has 0 bridgehead atoms. The summed E-state index contributed by atoms with van der Waals surface area (Å²) in [5.74, 6) is 0. The Hall–Kier alpha value is -1.58. The summed E-state index contributed by atoms with van der Waals surface area (Å²) in [6.45, 7) is 17.9. The minimum absolute atomic E-state index is 0.226. The van der Waals surface area contributed by atoms with Crippen LogP contribution in [0.1, 0.15) is 79.4 Å². The van der Waals surface area contributed by atoms with Crippen LogP contribution < -0.4 is 5.46 Å². The van der Waals surface area contributed by atoms with E-state index in [1.807, 2.05) is 0 Å². The van der Waals surface area contributed by atoms with E-state index in [9.17, 15) is 0 Å². The van der Waals surface area contributed by atoms with E-state index in [1.165, 1.54) is 35.1 Å². The van der Waals surface area contributed by atoms with Crippen LogP contribution in [0.4, 0.5) is 0 Å². The van der Waals surface area contributed by atoms with Gasteiger partial charge in [0.15, 0.2) is 0 Å². The quantitative estimate of drug-likeness (QED) is 0.586. The third-order valence-electron chi connectivity index (χ3n) is 7.62. The number of hydrogen-bond acceptors (Lipinski definition) is 2. The lowest BCUT2D eigenvalue weighted by atomic mass is 9.63. The minimum Gasteiger partial charge on any atom is -0.399 e. The molecular formula is C26H35BO2. The summed E-state index contributed by atoms with van der Waals surface area (Å²) < 4.78 is 12.4. The summed E-state index contributed by atoms with van der Waals surface area (Å²) in [6.07, 6.45) is 2.48. The van der Waals surface area contributed by atoms with E-state index in [-0.39, 0.29) is 29.2 Å². The molecule has 0 atom stereocenters. The molecule has 4 rings (SSSR count). The predicted molar refractivity (Wildman–Crippen MR) is 123 cm³/mol. The first-order valence-electron chi connectivity index (χ1n) is 10.9. The van der Waals surface area contributed by atoms with Crippen LogP contribution in [0.25, 0.3) is 11.1 Å². The molecule has 0 amide bonds. The van der Waals surface area contributed by atoms with E-state index in [0.29, 0.717) is 0 Å². The molecule has 2 aromatic carbocycles. The average Bonchev–Trinajstić information content (AvgIpc) is 2.86. The molecule has 1 saturated heterocycles. The molecule has 2 nitrogen and oxygen atoms in total. The standard InChI is InChI=1S/C26H35BO2/c1-23(2)15-16-24(3,4)22-17-19(11-14-21(22)23)18-9-12-20(13-10-18)27-28-25(5,6)26(7,8)29-27/h9-14,17H,15-16H2,1-8H3. The fourth-order valence-corrected chi connectivity index (χ4v) is 4.58. The number of benzene rings is 2. The maximum Gasteiger partial charge on any atom is 0.494 e. The molecule has 1 heterocycles. The van der Waals surface area contributed by atoms with E-state index in [4.69, 9.17) is 9.31 Å². The first-order chi connectivity index (χ1) is 13.3. The van der Waals surface area contributed by atoms with Crippen molar-refractivity contribution in [2.75, 3.05) is 0 Å². The molecule has 1 fully saturated rings. The van der Waals surface area contributed by atoms with E-state index in [2.05, 4.69) is 97.9 Å². The van der Waals surface area contributed by atoms with Gasteiger partial charge >= 0.3 is 7.12 Å². The summed E-state index contributed by atoms with van der Waals surface area (Å²) in [5, 5.41) is 0. The number of rotatable bonds is 2. The Bertz CT molecular complexity index is 906. The second kappa shape index (κ2) is 6.46. The summed E-state index contributed by atoms with van der Waals surface area (Å²) in [5.41, 5.74) is 6.47. The monoisotopic (exact) mass is 390 g/mol. The molecule has 0 spiro atoms. The van der Waals surface area contributed by atoms with Crippen LogP contribution in [0, 0.1) is 0 Å². The average molecular weight is 390 g/mol. The van der Waals surface area contributed by atoms with Crippen LogP contribution in [0.5, 0.6) is 0 Å². The second-order valence-corrected chi connectivity index (χ2v) is 11.2. The Morgan fingerprint density at radius 1 is 0.621 bits per heavy atom. The molecule has 0 N–H and O–H groups in total. The number of hydrogen-bond donors (Lipinski definition) is 0. The van der Waals surface area contributed by atoms with Crippen LogP contribution in [-0.2, 0) is 20.1 Å². The summed E-state index contributed by atoms with van der Waals surface area (Å²) >= 11 is 0. The molecule has 1 aliphatic heterocycles. The summed E-state index contributed by atoms with van der Waals surface area (Å²) in [7, 11) is -0.308. The Labute approximate surface area is 177 Å². The molecule has 0 saturated carbocycles. The van der Waals surface area contributed by atoms with Gasteiger partial charge in [-0.25, -0.2) is 0 Å². The SMILES string of the molecule is CC1(C)CCC(C)(C)c2cc(-c3ccc(B4OC(C)(C)C(C)(C)O4)cc3)ccc21. The zero-order valence-corrected chi connectivity index (χ0v) is 19.3. The summed E-state index contributed by atoms with van der Waals surface area (Å²) in [4.78, 5) is 0. The van der Waals surface area contributed by atoms with Gasteiger partial charge in [0.25, 0.3) is 0 Å². The Kier molecular flexibility index (Phi) is 4.61. The molecule has 0 aromatic heterocycles. The fourth-order valence-electron chi connectivity index (χ4n) is 4.58. The largest absolute Gasteiger partial charge is 0.494 e. The highest BCUT2D eigenvalue weighted by molar-refractivity contribution is 6.62. The third-order valence-corrected chi connectivity index (χ3v) is 7.62. The van der Waals surface area contributed by atoms with Gasteiger partial charge in [0.05, 0.1) is 11.2 Å². The van der Waals surface area contributed by atoms with E-state index >= 15 is 0 Å². The summed E-state index contributed by atoms with van der Waals surface area (Å²) in [6, 6.07) is 15.7. The van der Waals surface area contributed by atoms with Crippen molar-refractivity contribution in [1.29, 1.82) is 0 Å². The van der Waals surface area contributed by atoms with Crippen molar-refractivity contribution in [3.05, 3.63) is 53.6 Å². The van der Waals surface area contributed by atoms with Crippen molar-refractivity contribution in [2.24, 2.45) is 0 Å². The van der Waals surface area contributed by atoms with E-state index < -0.39 is 0 Å². The smallest absolute Gasteiger partial charge is 0.399 e. The maximum atomic E-state index is 6.20. The molecule has 3 heteroatoms. The normalized spacial score (nSPS) is 23.7. The van der Waals surface area contributed by atoms with Crippen molar-refractivity contribution in [1.82, 2.24) is 0 Å². The highest BCUT2D eigenvalue weighted by Crippen LogP contribution is 2.46. The van der Waals surface area contributed by atoms with Gasteiger partial charge in [0, 0.05) is 0 Å². The fraction of sp³-hybridized carbons (Fsp3) is 0.538. The highest BCUT2D eigenvalue weighted by Gasteiger charge is 2.51. The molecule has 1 aliphatic carbocycles. The lowest BCUT2D eigenvalue weighted by Gasteiger charge is -2.42. The molecule has 2 aliphatic rings. The minimum atomic E-state index is -0.312. The lowest BCUT2D eigenvalue weighted by Crippen LogP contribution is -2.41. The van der Waals surface area contributed by atoms with Gasteiger partial charge in [0.1, 0.15) is 0 Å². The van der Waals surface area contributed by atoms with Gasteiger partial charge in [-0.3, -0.25) is 0 Å². The molecule has 0 unspecified atom stereocenters. The van der Waals surface area contributed by atoms with Crippen molar-refractivity contribution >= 4 is 12.6 Å². The molecule has 29 heavy (non-hydrogen) atoms. The number of fused-ring (bicyclic) bond motifs is 1. The Balaban J connectivity index is 1.64. The third kappa shape index (κ3) is 3.47. The van der Waals surface area contributed by atoms with Crippen LogP contribution in [0.3, 0.4) is 0 Å². The Morgan fingerprint density at radius 3 is 1.66 bits per heavy atom. The molecule has 2 aromatic rings. The van der Waals surface area contributed by atoms with Crippen molar-refractivity contribution in [3.63, 3.8) is 0 Å². The zero-order chi connectivity index (χ0) is 21.2. The van der Waals surface area contributed by atoms with Crippen LogP contribution in [0.15, 0.2) is 42.5 Å². The highest BCUT2D eigenvalue weighted by atomic mass is 16.7. The van der Waals surface area contributed by atoms with Gasteiger partial charge in [0.2, 0.25) is 0 Å². The van der Waals surface area contributed by atoms with Crippen LogP contribution in [0.2, 0.25) is 0 Å². The van der Waals surface area contributed by atoms with E-state index in [0.717, 1.165) is 5.46 Å². The zero-order valence-electron chi connectivity index (χ0n) is 19.3. The van der Waals surface area contributed by atoms with Gasteiger partial charge in [-0.05, 0) is 79.1 Å². The van der Waals surface area contributed by atoms with Crippen molar-refractivity contribution in [2.45, 2.75) is 90.3 Å². The second-order valence-electron chi connectivity index (χ2n) is 11.2.